The highest BCUT2D eigenvalue weighted by molar-refractivity contribution is 6.32. The van der Waals surface area contributed by atoms with Crippen molar-refractivity contribution < 1.29 is 14.3 Å². The van der Waals surface area contributed by atoms with Crippen LogP contribution in [0.5, 0.6) is 11.5 Å². The van der Waals surface area contributed by atoms with E-state index in [1.807, 2.05) is 29.2 Å². The van der Waals surface area contributed by atoms with Gasteiger partial charge in [0.05, 0.1) is 11.2 Å². The summed E-state index contributed by atoms with van der Waals surface area (Å²) in [4.78, 5) is 18.5. The molecule has 1 saturated carbocycles. The van der Waals surface area contributed by atoms with Crippen molar-refractivity contribution in [1.29, 1.82) is 0 Å². The lowest BCUT2D eigenvalue weighted by molar-refractivity contribution is -0.132. The van der Waals surface area contributed by atoms with Gasteiger partial charge in [0.15, 0.2) is 6.61 Å². The number of carbonyl (C=O) groups excluding carboxylic acids is 1. The second-order valence-corrected chi connectivity index (χ2v) is 7.27. The van der Waals surface area contributed by atoms with E-state index in [1.165, 1.54) is 0 Å². The zero-order valence-corrected chi connectivity index (χ0v) is 15.1. The Morgan fingerprint density at radius 1 is 1.19 bits per heavy atom. The third kappa shape index (κ3) is 3.63. The molecule has 1 aliphatic carbocycles. The first kappa shape index (κ1) is 17.2. The van der Waals surface area contributed by atoms with E-state index in [-0.39, 0.29) is 18.6 Å². The Balaban J connectivity index is 1.33. The minimum Gasteiger partial charge on any atom is -0.488 e. The Morgan fingerprint density at radius 2 is 2.08 bits per heavy atom. The molecule has 26 heavy (non-hydrogen) atoms. The molecule has 3 atom stereocenters. The summed E-state index contributed by atoms with van der Waals surface area (Å²) in [5.41, 5.74) is 0. The van der Waals surface area contributed by atoms with Gasteiger partial charge in [-0.3, -0.25) is 9.78 Å². The van der Waals surface area contributed by atoms with Gasteiger partial charge >= 0.3 is 0 Å². The van der Waals surface area contributed by atoms with Crippen LogP contribution in [0.1, 0.15) is 12.8 Å². The van der Waals surface area contributed by atoms with Crippen LogP contribution in [-0.2, 0) is 4.79 Å². The number of likely N-dealkylation sites (tertiary alicyclic amines) is 1. The molecule has 0 N–H and O–H groups in total. The normalized spacial score (nSPS) is 24.3. The van der Waals surface area contributed by atoms with Crippen molar-refractivity contribution in [3.63, 3.8) is 0 Å². The maximum Gasteiger partial charge on any atom is 0.260 e. The van der Waals surface area contributed by atoms with E-state index in [0.717, 1.165) is 31.7 Å². The number of benzene rings is 1. The van der Waals surface area contributed by atoms with Gasteiger partial charge < -0.3 is 14.4 Å². The summed E-state index contributed by atoms with van der Waals surface area (Å²) in [7, 11) is 0. The number of ether oxygens (including phenoxy) is 2. The predicted octanol–water partition coefficient (Wildman–Crippen LogP) is 3.43. The molecule has 0 spiro atoms. The number of fused-ring (bicyclic) bond motifs is 1. The molecule has 2 aliphatic rings. The van der Waals surface area contributed by atoms with Gasteiger partial charge in [0.2, 0.25) is 0 Å². The van der Waals surface area contributed by atoms with Gasteiger partial charge in [-0.2, -0.15) is 0 Å². The van der Waals surface area contributed by atoms with E-state index in [0.29, 0.717) is 22.6 Å². The fraction of sp³-hybridized carbons (Fsp3) is 0.400. The quantitative estimate of drug-likeness (QED) is 0.806. The molecule has 136 valence electrons. The highest BCUT2D eigenvalue weighted by Crippen LogP contribution is 2.40. The lowest BCUT2D eigenvalue weighted by atomic mass is 9.99. The van der Waals surface area contributed by atoms with Gasteiger partial charge in [0.1, 0.15) is 17.6 Å². The first-order valence-electron chi connectivity index (χ1n) is 8.92. The summed E-state index contributed by atoms with van der Waals surface area (Å²) < 4.78 is 11.7. The first-order valence-corrected chi connectivity index (χ1v) is 9.30. The molecule has 2 heterocycles. The van der Waals surface area contributed by atoms with Crippen LogP contribution >= 0.6 is 11.6 Å². The van der Waals surface area contributed by atoms with Crippen LogP contribution in [-0.4, -0.2) is 41.6 Å². The monoisotopic (exact) mass is 372 g/mol. The number of para-hydroxylation sites is 1. The Bertz CT molecular complexity index is 771. The SMILES string of the molecule is O=C(COc1ccccc1Cl)N1C[C@H]2CC[C@H](Oc3cccnc3)[C@H]2C1. The standard InChI is InChI=1S/C20H21ClN2O3/c21-17-5-1-2-6-19(17)25-13-20(24)23-11-14-7-8-18(16(14)12-23)26-15-4-3-9-22-10-15/h1-6,9-10,14,16,18H,7-8,11-13H2/t14-,16+,18+/m1/s1. The summed E-state index contributed by atoms with van der Waals surface area (Å²) in [5, 5.41) is 0.517. The Hall–Kier alpha value is -2.27. The molecular formula is C20H21ClN2O3. The molecule has 1 amide bonds. The van der Waals surface area contributed by atoms with Crippen LogP contribution in [0.15, 0.2) is 48.8 Å². The molecule has 4 rings (SSSR count). The zero-order chi connectivity index (χ0) is 17.9. The summed E-state index contributed by atoms with van der Waals surface area (Å²) >= 11 is 6.07. The highest BCUT2D eigenvalue weighted by Gasteiger charge is 2.45. The van der Waals surface area contributed by atoms with E-state index in [2.05, 4.69) is 4.98 Å². The van der Waals surface area contributed by atoms with Crippen LogP contribution < -0.4 is 9.47 Å². The average molecular weight is 373 g/mol. The second kappa shape index (κ2) is 7.54. The van der Waals surface area contributed by atoms with Gasteiger partial charge in [0.25, 0.3) is 5.91 Å². The predicted molar refractivity (Wildman–Crippen MR) is 98.4 cm³/mol. The highest BCUT2D eigenvalue weighted by atomic mass is 35.5. The van der Waals surface area contributed by atoms with E-state index in [9.17, 15) is 4.79 Å². The number of pyridine rings is 1. The fourth-order valence-electron chi connectivity index (χ4n) is 3.95. The topological polar surface area (TPSA) is 51.7 Å². The van der Waals surface area contributed by atoms with Crippen LogP contribution in [0.3, 0.4) is 0 Å². The summed E-state index contributed by atoms with van der Waals surface area (Å²) in [6.07, 6.45) is 5.74. The number of hydrogen-bond donors (Lipinski definition) is 0. The summed E-state index contributed by atoms with van der Waals surface area (Å²) in [6.45, 7) is 1.51. The van der Waals surface area contributed by atoms with Gasteiger partial charge in [-0.1, -0.05) is 23.7 Å². The number of nitrogens with zero attached hydrogens (tertiary/aromatic N) is 2. The van der Waals surface area contributed by atoms with Crippen molar-refractivity contribution >= 4 is 17.5 Å². The van der Waals surface area contributed by atoms with Gasteiger partial charge in [-0.05, 0) is 43.0 Å². The van der Waals surface area contributed by atoms with Crippen molar-refractivity contribution in [3.8, 4) is 11.5 Å². The molecule has 0 radical (unpaired) electrons. The smallest absolute Gasteiger partial charge is 0.260 e. The molecule has 1 saturated heterocycles. The third-order valence-electron chi connectivity index (χ3n) is 5.25. The van der Waals surface area contributed by atoms with E-state index in [4.69, 9.17) is 21.1 Å². The van der Waals surface area contributed by atoms with E-state index >= 15 is 0 Å². The first-order chi connectivity index (χ1) is 12.7. The zero-order valence-electron chi connectivity index (χ0n) is 14.4. The van der Waals surface area contributed by atoms with Crippen LogP contribution in [0.2, 0.25) is 5.02 Å². The van der Waals surface area contributed by atoms with Crippen molar-refractivity contribution in [2.45, 2.75) is 18.9 Å². The molecule has 0 bridgehead atoms. The molecule has 2 fully saturated rings. The number of rotatable bonds is 5. The Morgan fingerprint density at radius 3 is 2.88 bits per heavy atom. The molecule has 1 aliphatic heterocycles. The van der Waals surface area contributed by atoms with Crippen molar-refractivity contribution in [3.05, 3.63) is 53.8 Å². The van der Waals surface area contributed by atoms with Crippen LogP contribution in [0.25, 0.3) is 0 Å². The molecule has 6 heteroatoms. The van der Waals surface area contributed by atoms with Gasteiger partial charge in [-0.25, -0.2) is 0 Å². The minimum absolute atomic E-state index is 0.000512. The van der Waals surface area contributed by atoms with E-state index in [1.54, 1.807) is 24.5 Å². The largest absolute Gasteiger partial charge is 0.488 e. The third-order valence-corrected chi connectivity index (χ3v) is 5.57. The molecule has 1 aromatic carbocycles. The van der Waals surface area contributed by atoms with Crippen molar-refractivity contribution in [2.24, 2.45) is 11.8 Å². The number of halogens is 1. The number of amides is 1. The second-order valence-electron chi connectivity index (χ2n) is 6.86. The number of carbonyl (C=O) groups is 1. The van der Waals surface area contributed by atoms with Crippen LogP contribution in [0.4, 0.5) is 0 Å². The van der Waals surface area contributed by atoms with E-state index < -0.39 is 0 Å². The fourth-order valence-corrected chi connectivity index (χ4v) is 4.14. The van der Waals surface area contributed by atoms with Crippen molar-refractivity contribution in [1.82, 2.24) is 9.88 Å². The number of hydrogen-bond acceptors (Lipinski definition) is 4. The lowest BCUT2D eigenvalue weighted by Gasteiger charge is -2.22. The molecule has 0 unspecified atom stereocenters. The maximum atomic E-state index is 12.5. The minimum atomic E-state index is -0.000512. The van der Waals surface area contributed by atoms with Crippen LogP contribution in [0, 0.1) is 11.8 Å². The van der Waals surface area contributed by atoms with Crippen molar-refractivity contribution in [2.75, 3.05) is 19.7 Å². The van der Waals surface area contributed by atoms with Gasteiger partial charge in [0, 0.05) is 25.2 Å². The molecule has 5 nitrogen and oxygen atoms in total. The molecule has 2 aromatic rings. The maximum absolute atomic E-state index is 12.5. The number of aromatic nitrogens is 1. The lowest BCUT2D eigenvalue weighted by Crippen LogP contribution is -2.35. The Labute approximate surface area is 157 Å². The summed E-state index contributed by atoms with van der Waals surface area (Å²) in [5.74, 6) is 2.21. The van der Waals surface area contributed by atoms with Gasteiger partial charge in [-0.15, -0.1) is 0 Å². The molecular weight excluding hydrogens is 352 g/mol. The summed E-state index contributed by atoms with van der Waals surface area (Å²) in [6, 6.07) is 11.0. The average Bonchev–Trinajstić information content (AvgIpc) is 3.24. The Kier molecular flexibility index (Phi) is 4.98. The molecule has 1 aromatic heterocycles.